The molecule has 1 N–H and O–H groups in total. The highest BCUT2D eigenvalue weighted by Crippen LogP contribution is 2.23. The van der Waals surface area contributed by atoms with Crippen molar-refractivity contribution in [2.75, 3.05) is 30.3 Å². The van der Waals surface area contributed by atoms with Crippen LogP contribution in [0.25, 0.3) is 0 Å². The maximum absolute atomic E-state index is 14.3. The van der Waals surface area contributed by atoms with Crippen LogP contribution in [-0.2, 0) is 26.2 Å². The Bertz CT molecular complexity index is 1110. The molecule has 0 fully saturated rings. The van der Waals surface area contributed by atoms with E-state index in [-0.39, 0.29) is 37.7 Å². The lowest BCUT2D eigenvalue weighted by atomic mass is 10.1. The van der Waals surface area contributed by atoms with E-state index in [0.29, 0.717) is 30.2 Å². The van der Waals surface area contributed by atoms with E-state index in [1.165, 1.54) is 15.3 Å². The van der Waals surface area contributed by atoms with Gasteiger partial charge in [0.15, 0.2) is 0 Å². The quantitative estimate of drug-likeness (QED) is 0.409. The van der Waals surface area contributed by atoms with Gasteiger partial charge in [-0.1, -0.05) is 25.1 Å². The van der Waals surface area contributed by atoms with Crippen molar-refractivity contribution in [1.29, 1.82) is 0 Å². The van der Waals surface area contributed by atoms with Crippen LogP contribution in [0.4, 0.5) is 10.1 Å². The first kappa shape index (κ1) is 29.1. The van der Waals surface area contributed by atoms with Crippen LogP contribution in [0.1, 0.15) is 45.6 Å². The van der Waals surface area contributed by atoms with E-state index in [2.05, 4.69) is 5.32 Å². The van der Waals surface area contributed by atoms with Crippen LogP contribution in [0.5, 0.6) is 5.75 Å². The fourth-order valence-corrected chi connectivity index (χ4v) is 4.63. The molecule has 0 aliphatic heterocycles. The maximum Gasteiger partial charge on any atom is 0.242 e. The lowest BCUT2D eigenvalue weighted by Crippen LogP contribution is -2.48. The standard InChI is InChI=1S/C26H36FN3O5S/c1-5-17-28-26(32)20(3)29(19-21-10-7-8-11-24(21)27)25(31)12-9-18-30(36(4,33)34)22-13-15-23(16-14-22)35-6-2/h7-8,10-11,13-16,20H,5-6,9,12,17-19H2,1-4H3,(H,28,32). The van der Waals surface area contributed by atoms with E-state index in [1.807, 2.05) is 13.8 Å². The summed E-state index contributed by atoms with van der Waals surface area (Å²) in [5, 5.41) is 2.77. The van der Waals surface area contributed by atoms with Crippen LogP contribution >= 0.6 is 0 Å². The summed E-state index contributed by atoms with van der Waals surface area (Å²) in [6.07, 6.45) is 2.06. The summed E-state index contributed by atoms with van der Waals surface area (Å²) in [5.41, 5.74) is 0.761. The number of carbonyl (C=O) groups excluding carboxylic acids is 2. The molecular formula is C26H36FN3O5S. The topological polar surface area (TPSA) is 96.0 Å². The number of nitrogens with zero attached hydrogens (tertiary/aromatic N) is 2. The van der Waals surface area contributed by atoms with Gasteiger partial charge in [-0.3, -0.25) is 13.9 Å². The predicted octanol–water partition coefficient (Wildman–Crippen LogP) is 3.71. The van der Waals surface area contributed by atoms with E-state index in [4.69, 9.17) is 4.74 Å². The van der Waals surface area contributed by atoms with E-state index in [0.717, 1.165) is 12.7 Å². The van der Waals surface area contributed by atoms with Gasteiger partial charge in [0, 0.05) is 31.6 Å². The number of sulfonamides is 1. The predicted molar refractivity (Wildman–Crippen MR) is 139 cm³/mol. The SMILES string of the molecule is CCCNC(=O)C(C)N(Cc1ccccc1F)C(=O)CCCN(c1ccc(OCC)cc1)S(C)(=O)=O. The van der Waals surface area contributed by atoms with Gasteiger partial charge < -0.3 is 15.0 Å². The number of benzene rings is 2. The van der Waals surface area contributed by atoms with Crippen molar-refractivity contribution in [2.45, 2.75) is 52.6 Å². The second-order valence-electron chi connectivity index (χ2n) is 8.45. The van der Waals surface area contributed by atoms with Crippen LogP contribution in [0, 0.1) is 5.82 Å². The Morgan fingerprint density at radius 3 is 2.33 bits per heavy atom. The van der Waals surface area contributed by atoms with Crippen LogP contribution in [0.15, 0.2) is 48.5 Å². The Kier molecular flexibility index (Phi) is 11.2. The monoisotopic (exact) mass is 521 g/mol. The van der Waals surface area contributed by atoms with Gasteiger partial charge in [-0.05, 0) is 57.0 Å². The first-order valence-corrected chi connectivity index (χ1v) is 13.9. The molecule has 2 rings (SSSR count). The minimum absolute atomic E-state index is 0.0110. The molecule has 2 aromatic carbocycles. The number of nitrogens with one attached hydrogen (secondary N) is 1. The molecule has 1 atom stereocenters. The van der Waals surface area contributed by atoms with Gasteiger partial charge in [-0.15, -0.1) is 0 Å². The van der Waals surface area contributed by atoms with Crippen molar-refractivity contribution in [3.8, 4) is 5.75 Å². The Morgan fingerprint density at radius 1 is 1.08 bits per heavy atom. The largest absolute Gasteiger partial charge is 0.494 e. The molecule has 1 unspecified atom stereocenters. The third-order valence-electron chi connectivity index (χ3n) is 5.60. The van der Waals surface area contributed by atoms with E-state index >= 15 is 0 Å². The Hall–Kier alpha value is -3.14. The molecular weight excluding hydrogens is 485 g/mol. The summed E-state index contributed by atoms with van der Waals surface area (Å²) < 4.78 is 45.8. The summed E-state index contributed by atoms with van der Waals surface area (Å²) >= 11 is 0. The normalized spacial score (nSPS) is 12.0. The average Bonchev–Trinajstić information content (AvgIpc) is 2.84. The lowest BCUT2D eigenvalue weighted by molar-refractivity contribution is -0.140. The third kappa shape index (κ3) is 8.51. The highest BCUT2D eigenvalue weighted by atomic mass is 32.2. The number of carbonyl (C=O) groups is 2. The molecule has 0 saturated carbocycles. The van der Waals surface area contributed by atoms with E-state index in [9.17, 15) is 22.4 Å². The molecule has 0 aliphatic carbocycles. The van der Waals surface area contributed by atoms with Crippen LogP contribution < -0.4 is 14.4 Å². The molecule has 198 valence electrons. The average molecular weight is 522 g/mol. The van der Waals surface area contributed by atoms with E-state index in [1.54, 1.807) is 49.4 Å². The first-order valence-electron chi connectivity index (χ1n) is 12.1. The van der Waals surface area contributed by atoms with Gasteiger partial charge in [0.25, 0.3) is 0 Å². The highest BCUT2D eigenvalue weighted by molar-refractivity contribution is 7.92. The molecule has 0 bridgehead atoms. The van der Waals surface area contributed by atoms with Crippen molar-refractivity contribution in [2.24, 2.45) is 0 Å². The van der Waals surface area contributed by atoms with Gasteiger partial charge in [-0.25, -0.2) is 12.8 Å². The second kappa shape index (κ2) is 13.8. The molecule has 36 heavy (non-hydrogen) atoms. The number of ether oxygens (including phenoxy) is 1. The summed E-state index contributed by atoms with van der Waals surface area (Å²) in [4.78, 5) is 27.1. The highest BCUT2D eigenvalue weighted by Gasteiger charge is 2.27. The number of hydrogen-bond acceptors (Lipinski definition) is 5. The summed E-state index contributed by atoms with van der Waals surface area (Å²) in [6.45, 7) is 6.35. The zero-order valence-corrected chi connectivity index (χ0v) is 22.2. The summed E-state index contributed by atoms with van der Waals surface area (Å²) in [6, 6.07) is 12.0. The van der Waals surface area contributed by atoms with Gasteiger partial charge >= 0.3 is 0 Å². The molecule has 0 radical (unpaired) electrons. The summed E-state index contributed by atoms with van der Waals surface area (Å²) in [7, 11) is -3.60. The molecule has 0 heterocycles. The first-order chi connectivity index (χ1) is 17.1. The van der Waals surface area contributed by atoms with Gasteiger partial charge in [0.1, 0.15) is 17.6 Å². The smallest absolute Gasteiger partial charge is 0.242 e. The number of halogens is 1. The van der Waals surface area contributed by atoms with Gasteiger partial charge in [0.2, 0.25) is 21.8 Å². The molecule has 0 aromatic heterocycles. The minimum atomic E-state index is -3.60. The second-order valence-corrected chi connectivity index (χ2v) is 10.4. The van der Waals surface area contributed by atoms with Gasteiger partial charge in [-0.2, -0.15) is 0 Å². The molecule has 2 aromatic rings. The Balaban J connectivity index is 2.15. The Morgan fingerprint density at radius 2 is 1.75 bits per heavy atom. The fraction of sp³-hybridized carbons (Fsp3) is 0.462. The molecule has 10 heteroatoms. The van der Waals surface area contributed by atoms with Crippen LogP contribution in [-0.4, -0.2) is 57.1 Å². The number of hydrogen-bond donors (Lipinski definition) is 1. The zero-order valence-electron chi connectivity index (χ0n) is 21.4. The maximum atomic E-state index is 14.3. The van der Waals surface area contributed by atoms with Crippen molar-refractivity contribution >= 4 is 27.5 Å². The number of anilines is 1. The number of amides is 2. The van der Waals surface area contributed by atoms with Crippen molar-refractivity contribution in [1.82, 2.24) is 10.2 Å². The Labute approximate surface area is 213 Å². The lowest BCUT2D eigenvalue weighted by Gasteiger charge is -2.29. The third-order valence-corrected chi connectivity index (χ3v) is 6.80. The van der Waals surface area contributed by atoms with Crippen molar-refractivity contribution < 1.29 is 27.1 Å². The van der Waals surface area contributed by atoms with Crippen LogP contribution in [0.2, 0.25) is 0 Å². The molecule has 2 amide bonds. The van der Waals surface area contributed by atoms with Gasteiger partial charge in [0.05, 0.1) is 18.6 Å². The number of rotatable bonds is 14. The zero-order chi connectivity index (χ0) is 26.7. The molecule has 0 spiro atoms. The van der Waals surface area contributed by atoms with Crippen molar-refractivity contribution in [3.05, 3.63) is 59.9 Å². The fourth-order valence-electron chi connectivity index (χ4n) is 3.67. The minimum Gasteiger partial charge on any atom is -0.494 e. The molecule has 0 aliphatic rings. The summed E-state index contributed by atoms with van der Waals surface area (Å²) in [5.74, 6) is -0.523. The van der Waals surface area contributed by atoms with Crippen LogP contribution in [0.3, 0.4) is 0 Å². The van der Waals surface area contributed by atoms with Crippen molar-refractivity contribution in [3.63, 3.8) is 0 Å². The molecule has 0 saturated heterocycles. The van der Waals surface area contributed by atoms with E-state index < -0.39 is 21.9 Å². The molecule has 8 nitrogen and oxygen atoms in total.